The van der Waals surface area contributed by atoms with E-state index in [9.17, 15) is 22.8 Å². The Labute approximate surface area is 127 Å². The van der Waals surface area contributed by atoms with E-state index in [0.29, 0.717) is 0 Å². The fourth-order valence-electron chi connectivity index (χ4n) is 1.64. The van der Waals surface area contributed by atoms with Crippen molar-refractivity contribution in [3.63, 3.8) is 0 Å². The summed E-state index contributed by atoms with van der Waals surface area (Å²) in [7, 11) is -3.49. The molecule has 1 rings (SSSR count). The molecule has 0 bridgehead atoms. The first-order valence-corrected chi connectivity index (χ1v) is 7.97. The van der Waals surface area contributed by atoms with Crippen LogP contribution < -0.4 is 11.1 Å². The molecular weight excluding hydrogens is 312 g/mol. The van der Waals surface area contributed by atoms with Crippen molar-refractivity contribution < 1.29 is 27.9 Å². The Morgan fingerprint density at radius 2 is 1.95 bits per heavy atom. The number of primary amides is 1. The zero-order valence-corrected chi connectivity index (χ0v) is 12.6. The van der Waals surface area contributed by atoms with E-state index in [0.717, 1.165) is 6.07 Å². The van der Waals surface area contributed by atoms with Gasteiger partial charge in [0.05, 0.1) is 17.1 Å². The molecule has 4 N–H and O–H groups in total. The smallest absolute Gasteiger partial charge is 0.326 e. The van der Waals surface area contributed by atoms with Gasteiger partial charge in [0.2, 0.25) is 5.91 Å². The molecule has 0 saturated heterocycles. The standard InChI is InChI=1S/C13H16N2O6S/c1-2-22(20,21)9-5-3-4-8(6-9)12(17)15-10(13(18)19)7-11(14)16/h3-6,10H,2,7H2,1H3,(H2,14,16)(H,15,17)(H,18,19). The van der Waals surface area contributed by atoms with Crippen LogP contribution in [0, 0.1) is 0 Å². The number of carbonyl (C=O) groups is 3. The first kappa shape index (κ1) is 17.6. The number of nitrogens with one attached hydrogen (secondary N) is 1. The molecule has 1 aromatic rings. The summed E-state index contributed by atoms with van der Waals surface area (Å²) in [6.07, 6.45) is -0.561. The summed E-state index contributed by atoms with van der Waals surface area (Å²) in [6.45, 7) is 1.47. The summed E-state index contributed by atoms with van der Waals surface area (Å²) in [6, 6.07) is 3.73. The number of hydrogen-bond acceptors (Lipinski definition) is 5. The van der Waals surface area contributed by atoms with E-state index >= 15 is 0 Å². The quantitative estimate of drug-likeness (QED) is 0.618. The normalized spacial score (nSPS) is 12.4. The summed E-state index contributed by atoms with van der Waals surface area (Å²) in [4.78, 5) is 33.7. The minimum atomic E-state index is -3.49. The van der Waals surface area contributed by atoms with Gasteiger partial charge in [-0.25, -0.2) is 13.2 Å². The number of carboxylic acid groups (broad SMARTS) is 1. The lowest BCUT2D eigenvalue weighted by Crippen LogP contribution is -2.43. The summed E-state index contributed by atoms with van der Waals surface area (Å²) in [5.41, 5.74) is 4.89. The maximum atomic E-state index is 12.0. The van der Waals surface area contributed by atoms with Crippen LogP contribution in [0.2, 0.25) is 0 Å². The highest BCUT2D eigenvalue weighted by Gasteiger charge is 2.23. The van der Waals surface area contributed by atoms with E-state index in [1.165, 1.54) is 25.1 Å². The topological polar surface area (TPSA) is 144 Å². The highest BCUT2D eigenvalue weighted by atomic mass is 32.2. The largest absolute Gasteiger partial charge is 0.480 e. The zero-order valence-electron chi connectivity index (χ0n) is 11.8. The van der Waals surface area contributed by atoms with E-state index in [4.69, 9.17) is 10.8 Å². The lowest BCUT2D eigenvalue weighted by atomic mass is 10.1. The van der Waals surface area contributed by atoms with Crippen molar-refractivity contribution in [1.82, 2.24) is 5.32 Å². The average Bonchev–Trinajstić information content (AvgIpc) is 2.46. The average molecular weight is 328 g/mol. The highest BCUT2D eigenvalue weighted by molar-refractivity contribution is 7.91. The van der Waals surface area contributed by atoms with Crippen LogP contribution in [0.3, 0.4) is 0 Å². The van der Waals surface area contributed by atoms with Crippen LogP contribution in [0.15, 0.2) is 29.2 Å². The van der Waals surface area contributed by atoms with Crippen molar-refractivity contribution >= 4 is 27.6 Å². The maximum Gasteiger partial charge on any atom is 0.326 e. The lowest BCUT2D eigenvalue weighted by Gasteiger charge is -2.13. The Balaban J connectivity index is 3.01. The van der Waals surface area contributed by atoms with Crippen LogP contribution in [0.25, 0.3) is 0 Å². The van der Waals surface area contributed by atoms with Crippen LogP contribution in [-0.2, 0) is 19.4 Å². The molecule has 9 heteroatoms. The van der Waals surface area contributed by atoms with Gasteiger partial charge >= 0.3 is 5.97 Å². The molecule has 0 heterocycles. The molecule has 0 spiro atoms. The van der Waals surface area contributed by atoms with Crippen LogP contribution in [-0.4, -0.2) is 43.1 Å². The van der Waals surface area contributed by atoms with Gasteiger partial charge < -0.3 is 16.2 Å². The number of aliphatic carboxylic acids is 1. The molecule has 0 aromatic heterocycles. The fourth-order valence-corrected chi connectivity index (χ4v) is 2.57. The van der Waals surface area contributed by atoms with Gasteiger partial charge in [-0.2, -0.15) is 0 Å². The SMILES string of the molecule is CCS(=O)(=O)c1cccc(C(=O)NC(CC(N)=O)C(=O)O)c1. The monoisotopic (exact) mass is 328 g/mol. The fraction of sp³-hybridized carbons (Fsp3) is 0.308. The molecule has 8 nitrogen and oxygen atoms in total. The van der Waals surface area contributed by atoms with Crippen LogP contribution in [0.4, 0.5) is 0 Å². The molecule has 0 aliphatic rings. The van der Waals surface area contributed by atoms with E-state index in [-0.39, 0.29) is 16.2 Å². The molecule has 0 fully saturated rings. The lowest BCUT2D eigenvalue weighted by molar-refractivity contribution is -0.140. The summed E-state index contributed by atoms with van der Waals surface area (Å²) in [5.74, 6) is -3.22. The Kier molecular flexibility index (Phi) is 5.63. The van der Waals surface area contributed by atoms with Gasteiger partial charge in [-0.3, -0.25) is 9.59 Å². The first-order chi connectivity index (χ1) is 10.2. The molecule has 1 atom stereocenters. The van der Waals surface area contributed by atoms with Crippen molar-refractivity contribution in [2.24, 2.45) is 5.73 Å². The third kappa shape index (κ3) is 4.55. The van der Waals surface area contributed by atoms with E-state index in [1.807, 2.05) is 0 Å². The minimum absolute atomic E-state index is 0.0229. The Morgan fingerprint density at radius 1 is 1.32 bits per heavy atom. The molecule has 1 unspecified atom stereocenters. The maximum absolute atomic E-state index is 12.0. The Morgan fingerprint density at radius 3 is 2.45 bits per heavy atom. The van der Waals surface area contributed by atoms with Gasteiger partial charge in [-0.1, -0.05) is 13.0 Å². The molecule has 0 aliphatic carbocycles. The summed E-state index contributed by atoms with van der Waals surface area (Å²) in [5, 5.41) is 11.0. The van der Waals surface area contributed by atoms with Crippen molar-refractivity contribution in [3.05, 3.63) is 29.8 Å². The number of hydrogen-bond donors (Lipinski definition) is 3. The van der Waals surface area contributed by atoms with E-state index in [1.54, 1.807) is 0 Å². The molecule has 0 radical (unpaired) electrons. The first-order valence-electron chi connectivity index (χ1n) is 6.32. The number of sulfone groups is 1. The van der Waals surface area contributed by atoms with Crippen LogP contribution in [0.5, 0.6) is 0 Å². The number of benzene rings is 1. The number of carboxylic acids is 1. The van der Waals surface area contributed by atoms with Crippen molar-refractivity contribution in [3.8, 4) is 0 Å². The van der Waals surface area contributed by atoms with E-state index in [2.05, 4.69) is 5.32 Å². The van der Waals surface area contributed by atoms with Gasteiger partial charge in [0.15, 0.2) is 9.84 Å². The second-order valence-electron chi connectivity index (χ2n) is 4.47. The zero-order chi connectivity index (χ0) is 16.9. The van der Waals surface area contributed by atoms with E-state index < -0.39 is 40.1 Å². The number of amides is 2. The molecule has 22 heavy (non-hydrogen) atoms. The molecular formula is C13H16N2O6S. The third-order valence-electron chi connectivity index (χ3n) is 2.84. The molecule has 1 aromatic carbocycles. The molecule has 2 amide bonds. The molecule has 0 aliphatic heterocycles. The highest BCUT2D eigenvalue weighted by Crippen LogP contribution is 2.13. The molecule has 120 valence electrons. The predicted octanol–water partition coefficient (Wildman–Crippen LogP) is -0.461. The van der Waals surface area contributed by atoms with Crippen molar-refractivity contribution in [1.29, 1.82) is 0 Å². The predicted molar refractivity (Wildman–Crippen MR) is 76.9 cm³/mol. The van der Waals surface area contributed by atoms with Crippen LogP contribution >= 0.6 is 0 Å². The van der Waals surface area contributed by atoms with Crippen LogP contribution in [0.1, 0.15) is 23.7 Å². The van der Waals surface area contributed by atoms with Gasteiger partial charge in [0, 0.05) is 5.56 Å². The van der Waals surface area contributed by atoms with Crippen molar-refractivity contribution in [2.75, 3.05) is 5.75 Å². The van der Waals surface area contributed by atoms with Gasteiger partial charge in [0.25, 0.3) is 5.91 Å². The van der Waals surface area contributed by atoms with Gasteiger partial charge in [0.1, 0.15) is 6.04 Å². The molecule has 0 saturated carbocycles. The van der Waals surface area contributed by atoms with Crippen molar-refractivity contribution in [2.45, 2.75) is 24.3 Å². The second-order valence-corrected chi connectivity index (χ2v) is 6.74. The second kappa shape index (κ2) is 7.03. The number of nitrogens with two attached hydrogens (primary N) is 1. The van der Waals surface area contributed by atoms with Gasteiger partial charge in [-0.15, -0.1) is 0 Å². The Bertz CT molecular complexity index is 698. The number of carbonyl (C=O) groups excluding carboxylic acids is 2. The number of rotatable bonds is 7. The summed E-state index contributed by atoms with van der Waals surface area (Å²) < 4.78 is 23.5. The van der Waals surface area contributed by atoms with Gasteiger partial charge in [-0.05, 0) is 18.2 Å². The summed E-state index contributed by atoms with van der Waals surface area (Å²) >= 11 is 0. The minimum Gasteiger partial charge on any atom is -0.480 e. The third-order valence-corrected chi connectivity index (χ3v) is 4.58. The Hall–Kier alpha value is -2.42.